The van der Waals surface area contributed by atoms with E-state index in [0.29, 0.717) is 0 Å². The molecule has 0 saturated heterocycles. The van der Waals surface area contributed by atoms with Crippen LogP contribution in [-0.2, 0) is 0 Å². The predicted molar refractivity (Wildman–Crippen MR) is 108 cm³/mol. The van der Waals surface area contributed by atoms with Gasteiger partial charge in [-0.2, -0.15) is 0 Å². The minimum absolute atomic E-state index is 0.947. The molecule has 2 atom stereocenters. The molecule has 0 nitrogen and oxygen atoms in total. The Morgan fingerprint density at radius 2 is 0.783 bits per heavy atom. The normalized spacial score (nSPS) is 14.1. The van der Waals surface area contributed by atoms with Gasteiger partial charge in [0.2, 0.25) is 0 Å². The van der Waals surface area contributed by atoms with Crippen molar-refractivity contribution in [3.8, 4) is 0 Å². The number of rotatable bonds is 18. The van der Waals surface area contributed by atoms with Crippen LogP contribution in [0.1, 0.15) is 137 Å². The summed E-state index contributed by atoms with van der Waals surface area (Å²) in [6.07, 6.45) is 24.8. The van der Waals surface area contributed by atoms with E-state index < -0.39 is 0 Å². The van der Waals surface area contributed by atoms with Crippen molar-refractivity contribution in [3.63, 3.8) is 0 Å². The SMILES string of the molecule is CCCCCCCCCC(C)CCCCCCCCC(C)CC. The summed E-state index contributed by atoms with van der Waals surface area (Å²) in [5, 5.41) is 0. The van der Waals surface area contributed by atoms with Crippen LogP contribution in [0.4, 0.5) is 0 Å². The van der Waals surface area contributed by atoms with E-state index in [1.54, 1.807) is 0 Å². The van der Waals surface area contributed by atoms with Crippen molar-refractivity contribution >= 4 is 0 Å². The highest BCUT2D eigenvalue weighted by atomic mass is 14.1. The Morgan fingerprint density at radius 3 is 1.17 bits per heavy atom. The summed E-state index contributed by atoms with van der Waals surface area (Å²) in [5.41, 5.74) is 0. The third-order valence-corrected chi connectivity index (χ3v) is 5.64. The molecule has 0 aromatic carbocycles. The van der Waals surface area contributed by atoms with Crippen molar-refractivity contribution in [3.05, 3.63) is 0 Å². The Hall–Kier alpha value is 0. The number of unbranched alkanes of at least 4 members (excludes halogenated alkanes) is 11. The van der Waals surface area contributed by atoms with E-state index in [-0.39, 0.29) is 0 Å². The largest absolute Gasteiger partial charge is 0.0654 e. The summed E-state index contributed by atoms with van der Waals surface area (Å²) in [6, 6.07) is 0. The number of hydrogen-bond acceptors (Lipinski definition) is 0. The average Bonchev–Trinajstić information content (AvgIpc) is 2.56. The fraction of sp³-hybridized carbons (Fsp3) is 1.00. The Bertz CT molecular complexity index is 208. The zero-order valence-electron chi connectivity index (χ0n) is 17.2. The maximum Gasteiger partial charge on any atom is -0.0443 e. The molecule has 0 spiro atoms. The highest BCUT2D eigenvalue weighted by Crippen LogP contribution is 2.19. The first-order valence-corrected chi connectivity index (χ1v) is 11.2. The van der Waals surface area contributed by atoms with Gasteiger partial charge in [-0.3, -0.25) is 0 Å². The van der Waals surface area contributed by atoms with Crippen LogP contribution in [0.25, 0.3) is 0 Å². The lowest BCUT2D eigenvalue weighted by molar-refractivity contribution is 0.427. The molecule has 23 heavy (non-hydrogen) atoms. The van der Waals surface area contributed by atoms with E-state index in [1.165, 1.54) is 109 Å². The van der Waals surface area contributed by atoms with Crippen LogP contribution in [0.2, 0.25) is 0 Å². The summed E-state index contributed by atoms with van der Waals surface area (Å²) in [6.45, 7) is 9.49. The molecular formula is C23H48. The lowest BCUT2D eigenvalue weighted by Crippen LogP contribution is -1.95. The Kier molecular flexibility index (Phi) is 18.3. The maximum atomic E-state index is 2.48. The molecule has 0 saturated carbocycles. The predicted octanol–water partition coefficient (Wildman–Crippen LogP) is 8.93. The molecule has 0 aliphatic carbocycles. The molecule has 0 radical (unpaired) electrons. The van der Waals surface area contributed by atoms with Crippen molar-refractivity contribution in [2.45, 2.75) is 137 Å². The van der Waals surface area contributed by atoms with Gasteiger partial charge in [-0.05, 0) is 11.8 Å². The number of hydrogen-bond donors (Lipinski definition) is 0. The van der Waals surface area contributed by atoms with Crippen LogP contribution in [0, 0.1) is 11.8 Å². The van der Waals surface area contributed by atoms with Gasteiger partial charge in [0.05, 0.1) is 0 Å². The molecule has 0 aliphatic rings. The minimum atomic E-state index is 0.947. The molecule has 0 heteroatoms. The Labute approximate surface area is 149 Å². The molecule has 0 aromatic heterocycles. The zero-order valence-corrected chi connectivity index (χ0v) is 17.2. The summed E-state index contributed by atoms with van der Waals surface area (Å²) in [7, 11) is 0. The van der Waals surface area contributed by atoms with E-state index in [4.69, 9.17) is 0 Å². The van der Waals surface area contributed by atoms with Crippen LogP contribution >= 0.6 is 0 Å². The van der Waals surface area contributed by atoms with Crippen LogP contribution in [0.5, 0.6) is 0 Å². The zero-order chi connectivity index (χ0) is 17.2. The van der Waals surface area contributed by atoms with Crippen molar-refractivity contribution in [2.24, 2.45) is 11.8 Å². The van der Waals surface area contributed by atoms with Gasteiger partial charge in [0.1, 0.15) is 0 Å². The highest BCUT2D eigenvalue weighted by molar-refractivity contribution is 4.56. The Morgan fingerprint density at radius 1 is 0.435 bits per heavy atom. The van der Waals surface area contributed by atoms with Gasteiger partial charge in [0, 0.05) is 0 Å². The van der Waals surface area contributed by atoms with E-state index in [9.17, 15) is 0 Å². The highest BCUT2D eigenvalue weighted by Gasteiger charge is 2.02. The van der Waals surface area contributed by atoms with E-state index in [0.717, 1.165) is 11.8 Å². The van der Waals surface area contributed by atoms with Gasteiger partial charge in [0.25, 0.3) is 0 Å². The second kappa shape index (κ2) is 18.3. The van der Waals surface area contributed by atoms with Gasteiger partial charge < -0.3 is 0 Å². The van der Waals surface area contributed by atoms with Crippen LogP contribution in [0.15, 0.2) is 0 Å². The first-order chi connectivity index (χ1) is 11.2. The van der Waals surface area contributed by atoms with Crippen molar-refractivity contribution < 1.29 is 0 Å². The first-order valence-electron chi connectivity index (χ1n) is 11.2. The summed E-state index contributed by atoms with van der Waals surface area (Å²) in [5.74, 6) is 1.92. The molecule has 0 bridgehead atoms. The molecule has 0 N–H and O–H groups in total. The molecule has 0 aromatic rings. The van der Waals surface area contributed by atoms with Gasteiger partial charge in [-0.1, -0.05) is 137 Å². The fourth-order valence-electron chi connectivity index (χ4n) is 3.49. The third kappa shape index (κ3) is 18.2. The second-order valence-electron chi connectivity index (χ2n) is 8.23. The second-order valence-corrected chi connectivity index (χ2v) is 8.23. The monoisotopic (exact) mass is 324 g/mol. The van der Waals surface area contributed by atoms with Crippen LogP contribution in [0.3, 0.4) is 0 Å². The van der Waals surface area contributed by atoms with Crippen LogP contribution < -0.4 is 0 Å². The topological polar surface area (TPSA) is 0 Å². The molecule has 0 fully saturated rings. The van der Waals surface area contributed by atoms with Crippen molar-refractivity contribution in [1.29, 1.82) is 0 Å². The molecule has 0 aliphatic heterocycles. The molecule has 0 rings (SSSR count). The molecular weight excluding hydrogens is 276 g/mol. The molecule has 0 heterocycles. The quantitative estimate of drug-likeness (QED) is 0.221. The lowest BCUT2D eigenvalue weighted by Gasteiger charge is -2.11. The van der Waals surface area contributed by atoms with Gasteiger partial charge in [0.15, 0.2) is 0 Å². The summed E-state index contributed by atoms with van der Waals surface area (Å²) in [4.78, 5) is 0. The van der Waals surface area contributed by atoms with E-state index in [2.05, 4.69) is 27.7 Å². The van der Waals surface area contributed by atoms with Crippen molar-refractivity contribution in [1.82, 2.24) is 0 Å². The van der Waals surface area contributed by atoms with E-state index in [1.807, 2.05) is 0 Å². The smallest absolute Gasteiger partial charge is 0.0443 e. The minimum Gasteiger partial charge on any atom is -0.0654 e. The van der Waals surface area contributed by atoms with Gasteiger partial charge in [-0.15, -0.1) is 0 Å². The fourth-order valence-corrected chi connectivity index (χ4v) is 3.49. The average molecular weight is 325 g/mol. The maximum absolute atomic E-state index is 2.48. The molecule has 2 unspecified atom stereocenters. The van der Waals surface area contributed by atoms with Gasteiger partial charge in [-0.25, -0.2) is 0 Å². The Balaban J connectivity index is 3.17. The summed E-state index contributed by atoms with van der Waals surface area (Å²) >= 11 is 0. The lowest BCUT2D eigenvalue weighted by atomic mass is 9.95. The van der Waals surface area contributed by atoms with E-state index >= 15 is 0 Å². The first kappa shape index (κ1) is 23.0. The third-order valence-electron chi connectivity index (χ3n) is 5.64. The molecule has 140 valence electrons. The molecule has 0 amide bonds. The summed E-state index contributed by atoms with van der Waals surface area (Å²) < 4.78 is 0. The van der Waals surface area contributed by atoms with Gasteiger partial charge >= 0.3 is 0 Å². The standard InChI is InChI=1S/C23H48/c1-5-7-8-9-10-14-17-20-23(4)21-18-15-12-11-13-16-19-22(3)6-2/h22-23H,5-21H2,1-4H3. The van der Waals surface area contributed by atoms with Crippen molar-refractivity contribution in [2.75, 3.05) is 0 Å². The van der Waals surface area contributed by atoms with Crippen LogP contribution in [-0.4, -0.2) is 0 Å².